The molecule has 0 atom stereocenters. The van der Waals surface area contributed by atoms with Gasteiger partial charge in [0.2, 0.25) is 0 Å². The van der Waals surface area contributed by atoms with E-state index in [0.717, 1.165) is 19.3 Å². The highest BCUT2D eigenvalue weighted by Gasteiger charge is 1.95. The monoisotopic (exact) mass is 310 g/mol. The molecular formula is C20H38O2. The van der Waals surface area contributed by atoms with Crippen LogP contribution in [0, 0.1) is 0 Å². The third-order valence-corrected chi connectivity index (χ3v) is 3.97. The van der Waals surface area contributed by atoms with Crippen LogP contribution in [0.4, 0.5) is 0 Å². The van der Waals surface area contributed by atoms with E-state index in [1.54, 1.807) is 6.08 Å². The Labute approximate surface area is 138 Å². The Balaban J connectivity index is 3.17. The molecule has 0 spiro atoms. The fraction of sp³-hybridized carbons (Fsp3) is 0.850. The van der Waals surface area contributed by atoms with Crippen molar-refractivity contribution in [3.05, 3.63) is 12.2 Å². The molecule has 2 nitrogen and oxygen atoms in total. The van der Waals surface area contributed by atoms with Gasteiger partial charge >= 0.3 is 5.97 Å². The van der Waals surface area contributed by atoms with Gasteiger partial charge in [-0.05, 0) is 19.3 Å². The standard InChI is InChI=1S/C20H38O2/c1-3-5-7-8-9-10-11-12-13-14-15-16-17-18-20(21)22-19-6-4-2/h17-18H,3-16,19H2,1-2H3. The minimum atomic E-state index is -0.184. The molecule has 0 radical (unpaired) electrons. The highest BCUT2D eigenvalue weighted by molar-refractivity contribution is 5.81. The number of hydrogen-bond donors (Lipinski definition) is 0. The molecule has 0 heterocycles. The lowest BCUT2D eigenvalue weighted by Gasteiger charge is -2.02. The van der Waals surface area contributed by atoms with E-state index in [1.807, 2.05) is 6.08 Å². The summed E-state index contributed by atoms with van der Waals surface area (Å²) in [7, 11) is 0. The molecule has 0 bridgehead atoms. The zero-order chi connectivity index (χ0) is 16.3. The minimum Gasteiger partial charge on any atom is -0.463 e. The van der Waals surface area contributed by atoms with Crippen LogP contribution in [0.5, 0.6) is 0 Å². The Morgan fingerprint density at radius 1 is 0.727 bits per heavy atom. The van der Waals surface area contributed by atoms with E-state index in [1.165, 1.54) is 70.6 Å². The summed E-state index contributed by atoms with van der Waals surface area (Å²) in [6, 6.07) is 0. The molecule has 0 amide bonds. The van der Waals surface area contributed by atoms with Crippen LogP contribution in [0.3, 0.4) is 0 Å². The second-order valence-electron chi connectivity index (χ2n) is 6.25. The lowest BCUT2D eigenvalue weighted by Crippen LogP contribution is -2.01. The molecule has 0 aliphatic carbocycles. The van der Waals surface area contributed by atoms with Crippen LogP contribution in [0.25, 0.3) is 0 Å². The van der Waals surface area contributed by atoms with Crippen molar-refractivity contribution in [1.82, 2.24) is 0 Å². The molecule has 0 unspecified atom stereocenters. The minimum absolute atomic E-state index is 0.184. The van der Waals surface area contributed by atoms with Crippen LogP contribution in [-0.2, 0) is 9.53 Å². The smallest absolute Gasteiger partial charge is 0.330 e. The van der Waals surface area contributed by atoms with Crippen LogP contribution in [0.1, 0.15) is 104 Å². The van der Waals surface area contributed by atoms with Gasteiger partial charge in [-0.3, -0.25) is 0 Å². The number of allylic oxidation sites excluding steroid dienone is 1. The van der Waals surface area contributed by atoms with Crippen molar-refractivity contribution < 1.29 is 9.53 Å². The van der Waals surface area contributed by atoms with Crippen molar-refractivity contribution >= 4 is 5.97 Å². The first kappa shape index (κ1) is 21.2. The average molecular weight is 311 g/mol. The van der Waals surface area contributed by atoms with Crippen molar-refractivity contribution in [2.45, 2.75) is 104 Å². The Morgan fingerprint density at radius 3 is 1.77 bits per heavy atom. The van der Waals surface area contributed by atoms with Crippen molar-refractivity contribution in [3.8, 4) is 0 Å². The first-order valence-electron chi connectivity index (χ1n) is 9.64. The summed E-state index contributed by atoms with van der Waals surface area (Å²) in [4.78, 5) is 11.3. The quantitative estimate of drug-likeness (QED) is 0.183. The van der Waals surface area contributed by atoms with E-state index < -0.39 is 0 Å². The van der Waals surface area contributed by atoms with Gasteiger partial charge in [-0.2, -0.15) is 0 Å². The number of rotatable bonds is 16. The van der Waals surface area contributed by atoms with Crippen LogP contribution in [0.15, 0.2) is 12.2 Å². The van der Waals surface area contributed by atoms with Crippen LogP contribution in [-0.4, -0.2) is 12.6 Å². The molecule has 0 saturated heterocycles. The zero-order valence-electron chi connectivity index (χ0n) is 15.1. The molecule has 0 rings (SSSR count). The predicted molar refractivity (Wildman–Crippen MR) is 96.1 cm³/mol. The van der Waals surface area contributed by atoms with Crippen molar-refractivity contribution in [1.29, 1.82) is 0 Å². The predicted octanol–water partition coefficient (Wildman–Crippen LogP) is 6.59. The number of esters is 1. The molecule has 0 aromatic carbocycles. The summed E-state index contributed by atoms with van der Waals surface area (Å²) < 4.78 is 5.06. The largest absolute Gasteiger partial charge is 0.463 e. The number of carbonyl (C=O) groups excluding carboxylic acids is 1. The van der Waals surface area contributed by atoms with Crippen LogP contribution < -0.4 is 0 Å². The molecule has 0 N–H and O–H groups in total. The summed E-state index contributed by atoms with van der Waals surface area (Å²) in [5, 5.41) is 0. The second kappa shape index (κ2) is 18.3. The fourth-order valence-electron chi connectivity index (χ4n) is 2.47. The lowest BCUT2D eigenvalue weighted by molar-refractivity contribution is -0.137. The van der Waals surface area contributed by atoms with E-state index in [4.69, 9.17) is 4.74 Å². The number of unbranched alkanes of at least 4 members (excludes halogenated alkanes) is 12. The van der Waals surface area contributed by atoms with Gasteiger partial charge in [-0.25, -0.2) is 4.79 Å². The Kier molecular flexibility index (Phi) is 17.6. The van der Waals surface area contributed by atoms with Gasteiger partial charge in [0.15, 0.2) is 0 Å². The summed E-state index contributed by atoms with van der Waals surface area (Å²) in [5.41, 5.74) is 0. The van der Waals surface area contributed by atoms with Gasteiger partial charge < -0.3 is 4.74 Å². The molecule has 130 valence electrons. The maximum atomic E-state index is 11.3. The Morgan fingerprint density at radius 2 is 1.23 bits per heavy atom. The van der Waals surface area contributed by atoms with E-state index in [9.17, 15) is 4.79 Å². The number of carbonyl (C=O) groups is 1. The topological polar surface area (TPSA) is 26.3 Å². The molecule has 22 heavy (non-hydrogen) atoms. The highest BCUT2D eigenvalue weighted by atomic mass is 16.5. The fourth-order valence-corrected chi connectivity index (χ4v) is 2.47. The molecule has 0 aromatic heterocycles. The molecule has 0 aromatic rings. The van der Waals surface area contributed by atoms with Crippen molar-refractivity contribution in [2.24, 2.45) is 0 Å². The summed E-state index contributed by atoms with van der Waals surface area (Å²) >= 11 is 0. The Bertz CT molecular complexity index is 258. The summed E-state index contributed by atoms with van der Waals surface area (Å²) in [6.45, 7) is 4.92. The van der Waals surface area contributed by atoms with Gasteiger partial charge in [-0.15, -0.1) is 0 Å². The molecule has 0 fully saturated rings. The van der Waals surface area contributed by atoms with E-state index in [-0.39, 0.29) is 5.97 Å². The van der Waals surface area contributed by atoms with Gasteiger partial charge in [0.1, 0.15) is 0 Å². The van der Waals surface area contributed by atoms with Gasteiger partial charge in [-0.1, -0.05) is 90.6 Å². The summed E-state index contributed by atoms with van der Waals surface area (Å²) in [6.07, 6.45) is 21.6. The highest BCUT2D eigenvalue weighted by Crippen LogP contribution is 2.12. The molecule has 0 aliphatic heterocycles. The van der Waals surface area contributed by atoms with Crippen molar-refractivity contribution in [2.75, 3.05) is 6.61 Å². The molecular weight excluding hydrogens is 272 g/mol. The Hall–Kier alpha value is -0.790. The van der Waals surface area contributed by atoms with Gasteiger partial charge in [0.25, 0.3) is 0 Å². The van der Waals surface area contributed by atoms with Crippen LogP contribution >= 0.6 is 0 Å². The number of hydrogen-bond acceptors (Lipinski definition) is 2. The zero-order valence-corrected chi connectivity index (χ0v) is 15.1. The summed E-state index contributed by atoms with van der Waals surface area (Å²) in [5.74, 6) is -0.184. The number of ether oxygens (including phenoxy) is 1. The maximum Gasteiger partial charge on any atom is 0.330 e. The second-order valence-corrected chi connectivity index (χ2v) is 6.25. The normalized spacial score (nSPS) is 11.2. The molecule has 0 aliphatic rings. The van der Waals surface area contributed by atoms with Gasteiger partial charge in [0, 0.05) is 6.08 Å². The third kappa shape index (κ3) is 17.3. The maximum absolute atomic E-state index is 11.3. The van der Waals surface area contributed by atoms with E-state index in [2.05, 4.69) is 13.8 Å². The third-order valence-electron chi connectivity index (χ3n) is 3.97. The van der Waals surface area contributed by atoms with E-state index in [0.29, 0.717) is 6.61 Å². The average Bonchev–Trinajstić information content (AvgIpc) is 2.52. The SMILES string of the molecule is CCCCCCCCCCCCCC=CC(=O)OCCCC. The van der Waals surface area contributed by atoms with Gasteiger partial charge in [0.05, 0.1) is 6.61 Å². The van der Waals surface area contributed by atoms with E-state index >= 15 is 0 Å². The molecule has 0 saturated carbocycles. The van der Waals surface area contributed by atoms with Crippen molar-refractivity contribution in [3.63, 3.8) is 0 Å². The lowest BCUT2D eigenvalue weighted by atomic mass is 10.1. The first-order chi connectivity index (χ1) is 10.8. The first-order valence-corrected chi connectivity index (χ1v) is 9.64. The van der Waals surface area contributed by atoms with Crippen LogP contribution in [0.2, 0.25) is 0 Å². The molecule has 2 heteroatoms.